The molecular formula is C17H17NO3. The zero-order valence-electron chi connectivity index (χ0n) is 11.8. The van der Waals surface area contributed by atoms with Crippen molar-refractivity contribution >= 4 is 11.6 Å². The highest BCUT2D eigenvalue weighted by molar-refractivity contribution is 6.04. The summed E-state index contributed by atoms with van der Waals surface area (Å²) in [6, 6.07) is 14.9. The zero-order valence-corrected chi connectivity index (χ0v) is 11.8. The molecule has 4 heteroatoms. The predicted molar refractivity (Wildman–Crippen MR) is 80.3 cm³/mol. The first-order valence-corrected chi connectivity index (χ1v) is 6.90. The molecule has 0 fully saturated rings. The summed E-state index contributed by atoms with van der Waals surface area (Å²) in [5.41, 5.74) is 0.959. The van der Waals surface area contributed by atoms with Gasteiger partial charge in [-0.15, -0.1) is 0 Å². The van der Waals surface area contributed by atoms with Crippen molar-refractivity contribution < 1.29 is 14.6 Å². The van der Waals surface area contributed by atoms with E-state index in [1.54, 1.807) is 19.2 Å². The summed E-state index contributed by atoms with van der Waals surface area (Å²) >= 11 is 0. The second-order valence-corrected chi connectivity index (χ2v) is 5.21. The van der Waals surface area contributed by atoms with Crippen molar-refractivity contribution in [3.63, 3.8) is 0 Å². The molecule has 4 nitrogen and oxygen atoms in total. The average molecular weight is 283 g/mol. The maximum atomic E-state index is 12.1. The normalized spacial score (nSPS) is 20.0. The number of aryl methyl sites for hydroxylation is 1. The van der Waals surface area contributed by atoms with E-state index in [9.17, 15) is 9.90 Å². The molecule has 1 aliphatic heterocycles. The highest BCUT2D eigenvalue weighted by atomic mass is 16.5. The van der Waals surface area contributed by atoms with Gasteiger partial charge in [0.2, 0.25) is 0 Å². The Morgan fingerprint density at radius 3 is 2.57 bits per heavy atom. The molecule has 0 saturated heterocycles. The number of ether oxygens (including phenoxy) is 1. The smallest absolute Gasteiger partial charge is 0.261 e. The number of carbonyl (C=O) groups is 1. The Hall–Kier alpha value is -2.33. The third kappa shape index (κ3) is 2.38. The Morgan fingerprint density at radius 2 is 1.86 bits per heavy atom. The molecule has 1 unspecified atom stereocenters. The number of fused-ring (bicyclic) bond motifs is 1. The predicted octanol–water partition coefficient (Wildman–Crippen LogP) is 2.47. The van der Waals surface area contributed by atoms with Crippen LogP contribution < -0.4 is 10.1 Å². The molecule has 0 radical (unpaired) electrons. The van der Waals surface area contributed by atoms with E-state index in [1.165, 1.54) is 0 Å². The highest BCUT2D eigenvalue weighted by Gasteiger charge is 2.44. The number of methoxy groups -OCH3 is 1. The van der Waals surface area contributed by atoms with Gasteiger partial charge in [0.15, 0.2) is 5.60 Å². The number of carbonyl (C=O) groups excluding carboxylic acids is 1. The number of benzene rings is 2. The molecule has 1 amide bonds. The summed E-state index contributed by atoms with van der Waals surface area (Å²) in [6.45, 7) is 0. The van der Waals surface area contributed by atoms with E-state index < -0.39 is 5.60 Å². The summed E-state index contributed by atoms with van der Waals surface area (Å²) in [5, 5.41) is 13.5. The Balaban J connectivity index is 1.79. The van der Waals surface area contributed by atoms with Crippen molar-refractivity contribution in [3.05, 3.63) is 59.7 Å². The zero-order chi connectivity index (χ0) is 14.9. The molecule has 1 aliphatic rings. The first-order chi connectivity index (χ1) is 10.1. The van der Waals surface area contributed by atoms with Gasteiger partial charge in [0.05, 0.1) is 7.11 Å². The summed E-state index contributed by atoms with van der Waals surface area (Å²) in [6.07, 6.45) is 0.963. The maximum Gasteiger partial charge on any atom is 0.261 e. The van der Waals surface area contributed by atoms with Crippen LogP contribution >= 0.6 is 0 Å². The lowest BCUT2D eigenvalue weighted by molar-refractivity contribution is -0.134. The summed E-state index contributed by atoms with van der Waals surface area (Å²) in [5.74, 6) is 0.443. The molecule has 0 aliphatic carbocycles. The monoisotopic (exact) mass is 283 g/mol. The minimum Gasteiger partial charge on any atom is -0.497 e. The Labute approximate surface area is 123 Å². The molecule has 0 saturated carbocycles. The van der Waals surface area contributed by atoms with Gasteiger partial charge >= 0.3 is 0 Å². The standard InChI is InChI=1S/C17H17NO3/c1-21-13-8-6-12(7-9-13)10-11-17(20)14-4-2-3-5-15(14)18-16(17)19/h2-9,20H,10-11H2,1H3,(H,18,19). The number of rotatable bonds is 4. The third-order valence-corrected chi connectivity index (χ3v) is 3.93. The molecule has 108 valence electrons. The van der Waals surface area contributed by atoms with E-state index in [0.717, 1.165) is 11.3 Å². The molecule has 1 atom stereocenters. The van der Waals surface area contributed by atoms with Gasteiger partial charge in [-0.05, 0) is 36.6 Å². The molecule has 21 heavy (non-hydrogen) atoms. The molecule has 3 rings (SSSR count). The molecule has 0 aromatic heterocycles. The van der Waals surface area contributed by atoms with Crippen LogP contribution in [0.4, 0.5) is 5.69 Å². The lowest BCUT2D eigenvalue weighted by atomic mass is 9.89. The maximum absolute atomic E-state index is 12.1. The van der Waals surface area contributed by atoms with Crippen LogP contribution in [0.2, 0.25) is 0 Å². The number of anilines is 1. The third-order valence-electron chi connectivity index (χ3n) is 3.93. The van der Waals surface area contributed by atoms with Crippen LogP contribution in [0.15, 0.2) is 48.5 Å². The number of aliphatic hydroxyl groups is 1. The van der Waals surface area contributed by atoms with Crippen molar-refractivity contribution in [2.75, 3.05) is 12.4 Å². The summed E-state index contributed by atoms with van der Waals surface area (Å²) in [7, 11) is 1.62. The molecule has 2 aromatic carbocycles. The quantitative estimate of drug-likeness (QED) is 0.906. The first-order valence-electron chi connectivity index (χ1n) is 6.90. The van der Waals surface area contributed by atoms with Gasteiger partial charge in [-0.2, -0.15) is 0 Å². The van der Waals surface area contributed by atoms with Crippen LogP contribution in [0.3, 0.4) is 0 Å². The molecule has 2 N–H and O–H groups in total. The van der Waals surface area contributed by atoms with Crippen LogP contribution in [-0.2, 0) is 16.8 Å². The fourth-order valence-electron chi connectivity index (χ4n) is 2.67. The highest BCUT2D eigenvalue weighted by Crippen LogP contribution is 2.38. The van der Waals surface area contributed by atoms with Crippen molar-refractivity contribution in [3.8, 4) is 5.75 Å². The lowest BCUT2D eigenvalue weighted by Gasteiger charge is -2.20. The van der Waals surface area contributed by atoms with Gasteiger partial charge in [-0.3, -0.25) is 4.79 Å². The largest absolute Gasteiger partial charge is 0.497 e. The van der Waals surface area contributed by atoms with Gasteiger partial charge in [0.25, 0.3) is 5.91 Å². The van der Waals surface area contributed by atoms with Gasteiger partial charge in [-0.1, -0.05) is 30.3 Å². The SMILES string of the molecule is COc1ccc(CCC2(O)C(=O)Nc3ccccc32)cc1. The van der Waals surface area contributed by atoms with Crippen LogP contribution in [0.5, 0.6) is 5.75 Å². The molecular weight excluding hydrogens is 266 g/mol. The molecule has 0 spiro atoms. The topological polar surface area (TPSA) is 58.6 Å². The van der Waals surface area contributed by atoms with E-state index in [0.29, 0.717) is 24.1 Å². The average Bonchev–Trinajstić information content (AvgIpc) is 2.78. The molecule has 2 aromatic rings. The van der Waals surface area contributed by atoms with E-state index in [1.807, 2.05) is 36.4 Å². The second kappa shape index (κ2) is 5.22. The fraction of sp³-hybridized carbons (Fsp3) is 0.235. The van der Waals surface area contributed by atoms with Gasteiger partial charge < -0.3 is 15.2 Å². The van der Waals surface area contributed by atoms with Gasteiger partial charge in [0, 0.05) is 11.3 Å². The van der Waals surface area contributed by atoms with E-state index in [2.05, 4.69) is 5.32 Å². The minimum atomic E-state index is -1.45. The minimum absolute atomic E-state index is 0.349. The van der Waals surface area contributed by atoms with E-state index in [-0.39, 0.29) is 5.91 Å². The van der Waals surface area contributed by atoms with Crippen molar-refractivity contribution in [1.82, 2.24) is 0 Å². The van der Waals surface area contributed by atoms with Crippen LogP contribution in [0.25, 0.3) is 0 Å². The van der Waals surface area contributed by atoms with Crippen LogP contribution in [0, 0.1) is 0 Å². The van der Waals surface area contributed by atoms with Gasteiger partial charge in [0.1, 0.15) is 5.75 Å². The number of hydrogen-bond acceptors (Lipinski definition) is 3. The Bertz CT molecular complexity index is 666. The molecule has 0 bridgehead atoms. The number of para-hydroxylation sites is 1. The van der Waals surface area contributed by atoms with E-state index >= 15 is 0 Å². The van der Waals surface area contributed by atoms with Crippen molar-refractivity contribution in [2.24, 2.45) is 0 Å². The lowest BCUT2D eigenvalue weighted by Crippen LogP contribution is -2.34. The number of amides is 1. The Morgan fingerprint density at radius 1 is 1.14 bits per heavy atom. The van der Waals surface area contributed by atoms with Crippen molar-refractivity contribution in [2.45, 2.75) is 18.4 Å². The fourth-order valence-corrected chi connectivity index (χ4v) is 2.67. The summed E-state index contributed by atoms with van der Waals surface area (Å²) < 4.78 is 5.12. The number of nitrogens with one attached hydrogen (secondary N) is 1. The Kier molecular flexibility index (Phi) is 3.39. The van der Waals surface area contributed by atoms with Crippen molar-refractivity contribution in [1.29, 1.82) is 0 Å². The van der Waals surface area contributed by atoms with Crippen LogP contribution in [-0.4, -0.2) is 18.1 Å². The number of hydrogen-bond donors (Lipinski definition) is 2. The van der Waals surface area contributed by atoms with Crippen LogP contribution in [0.1, 0.15) is 17.5 Å². The first kappa shape index (κ1) is 13.6. The summed E-state index contributed by atoms with van der Waals surface area (Å²) in [4.78, 5) is 12.1. The molecule has 1 heterocycles. The van der Waals surface area contributed by atoms with Gasteiger partial charge in [-0.25, -0.2) is 0 Å². The second-order valence-electron chi connectivity index (χ2n) is 5.21. The van der Waals surface area contributed by atoms with E-state index in [4.69, 9.17) is 4.74 Å².